The van der Waals surface area contributed by atoms with E-state index < -0.39 is 0 Å². The first-order chi connectivity index (χ1) is 12.8. The van der Waals surface area contributed by atoms with Crippen LogP contribution in [-0.4, -0.2) is 53.8 Å². The minimum Gasteiger partial charge on any atom is -0.489 e. The van der Waals surface area contributed by atoms with Gasteiger partial charge >= 0.3 is 0 Å². The van der Waals surface area contributed by atoms with Crippen LogP contribution in [0.5, 0.6) is 11.6 Å². The fraction of sp³-hybridized carbons (Fsp3) is 0.500. The average molecular weight is 375 g/mol. The minimum atomic E-state index is 0.537. The molecule has 1 fully saturated rings. The first-order valence-corrected chi connectivity index (χ1v) is 10.2. The van der Waals surface area contributed by atoms with Gasteiger partial charge in [0.25, 0.3) is 0 Å². The lowest BCUT2D eigenvalue weighted by Crippen LogP contribution is -2.21. The Balaban J connectivity index is 1.64. The van der Waals surface area contributed by atoms with Gasteiger partial charge in [0.2, 0.25) is 11.8 Å². The van der Waals surface area contributed by atoms with Crippen LogP contribution >= 0.6 is 11.8 Å². The molecule has 0 spiro atoms. The van der Waals surface area contributed by atoms with Crippen LogP contribution in [0, 0.1) is 0 Å². The monoisotopic (exact) mass is 375 g/mol. The third kappa shape index (κ3) is 4.91. The third-order valence-electron chi connectivity index (χ3n) is 4.18. The molecule has 0 aliphatic carbocycles. The molecular formula is C18H25N5O2S. The van der Waals surface area contributed by atoms with Crippen LogP contribution in [0.1, 0.15) is 18.5 Å². The van der Waals surface area contributed by atoms with Gasteiger partial charge in [-0.3, -0.25) is 0 Å². The first kappa shape index (κ1) is 18.6. The molecule has 2 aromatic heterocycles. The molecule has 0 radical (unpaired) electrons. The molecule has 2 aromatic rings. The Labute approximate surface area is 158 Å². The minimum absolute atomic E-state index is 0.537. The third-order valence-corrected chi connectivity index (χ3v) is 4.75. The van der Waals surface area contributed by atoms with E-state index in [1.807, 2.05) is 6.07 Å². The highest BCUT2D eigenvalue weighted by Crippen LogP contribution is 2.26. The second-order valence-corrected chi connectivity index (χ2v) is 6.94. The van der Waals surface area contributed by atoms with E-state index in [9.17, 15) is 0 Å². The van der Waals surface area contributed by atoms with Crippen molar-refractivity contribution in [3.05, 3.63) is 30.2 Å². The largest absolute Gasteiger partial charge is 0.489 e. The van der Waals surface area contributed by atoms with E-state index in [2.05, 4.69) is 37.5 Å². The summed E-state index contributed by atoms with van der Waals surface area (Å²) in [5.41, 5.74) is 2.09. The number of methoxy groups -OCH3 is 1. The van der Waals surface area contributed by atoms with Crippen LogP contribution in [-0.2, 0) is 6.54 Å². The normalized spacial score (nSPS) is 13.7. The molecule has 1 N–H and O–H groups in total. The lowest BCUT2D eigenvalue weighted by molar-refractivity contribution is 0.341. The zero-order valence-electron chi connectivity index (χ0n) is 15.3. The number of hydrogen-bond acceptors (Lipinski definition) is 8. The molecule has 7 nitrogen and oxygen atoms in total. The molecule has 140 valence electrons. The Kier molecular flexibility index (Phi) is 6.76. The number of pyridine rings is 1. The molecule has 1 aliphatic heterocycles. The molecule has 0 amide bonds. The smallest absolute Gasteiger partial charge is 0.223 e. The highest BCUT2D eigenvalue weighted by atomic mass is 32.2. The number of anilines is 2. The Bertz CT molecular complexity index is 692. The molecular weight excluding hydrogens is 350 g/mol. The molecule has 3 heterocycles. The molecule has 0 saturated carbocycles. The lowest BCUT2D eigenvalue weighted by atomic mass is 10.2. The summed E-state index contributed by atoms with van der Waals surface area (Å²) in [6, 6.07) is 3.99. The fourth-order valence-electron chi connectivity index (χ4n) is 2.85. The van der Waals surface area contributed by atoms with Gasteiger partial charge in [-0.1, -0.05) is 0 Å². The Morgan fingerprint density at radius 3 is 2.65 bits per heavy atom. The molecule has 3 rings (SSSR count). The van der Waals surface area contributed by atoms with E-state index in [1.165, 1.54) is 12.8 Å². The van der Waals surface area contributed by atoms with Crippen molar-refractivity contribution in [2.75, 3.05) is 49.0 Å². The van der Waals surface area contributed by atoms with Crippen molar-refractivity contribution >= 4 is 23.4 Å². The predicted molar refractivity (Wildman–Crippen MR) is 105 cm³/mol. The van der Waals surface area contributed by atoms with Crippen molar-refractivity contribution in [1.82, 2.24) is 15.0 Å². The SMILES string of the molecule is COc1ccc(N2CCCC2)c(CNc2ncc(OCCSC)cn2)n1. The molecule has 0 bridgehead atoms. The summed E-state index contributed by atoms with van der Waals surface area (Å²) < 4.78 is 10.9. The fourth-order valence-corrected chi connectivity index (χ4v) is 3.10. The van der Waals surface area contributed by atoms with E-state index in [0.29, 0.717) is 30.7 Å². The van der Waals surface area contributed by atoms with Crippen LogP contribution in [0.2, 0.25) is 0 Å². The van der Waals surface area contributed by atoms with E-state index in [0.717, 1.165) is 30.2 Å². The number of rotatable bonds is 9. The average Bonchev–Trinajstić information content (AvgIpc) is 3.22. The molecule has 0 aromatic carbocycles. The van der Waals surface area contributed by atoms with Crippen molar-refractivity contribution in [3.63, 3.8) is 0 Å². The second-order valence-electron chi connectivity index (χ2n) is 5.95. The van der Waals surface area contributed by atoms with Gasteiger partial charge in [-0.25, -0.2) is 15.0 Å². The summed E-state index contributed by atoms with van der Waals surface area (Å²) in [5.74, 6) is 2.80. The van der Waals surface area contributed by atoms with E-state index >= 15 is 0 Å². The zero-order chi connectivity index (χ0) is 18.2. The van der Waals surface area contributed by atoms with Crippen molar-refractivity contribution in [2.45, 2.75) is 19.4 Å². The number of nitrogens with zero attached hydrogens (tertiary/aromatic N) is 4. The first-order valence-electron chi connectivity index (χ1n) is 8.76. The van der Waals surface area contributed by atoms with Gasteiger partial charge in [0.15, 0.2) is 5.75 Å². The van der Waals surface area contributed by atoms with E-state index in [-0.39, 0.29) is 0 Å². The van der Waals surface area contributed by atoms with Crippen LogP contribution in [0.4, 0.5) is 11.6 Å². The van der Waals surface area contributed by atoms with Crippen LogP contribution < -0.4 is 19.7 Å². The van der Waals surface area contributed by atoms with Gasteiger partial charge in [-0.05, 0) is 25.2 Å². The number of thioether (sulfide) groups is 1. The number of ether oxygens (including phenoxy) is 2. The van der Waals surface area contributed by atoms with Gasteiger partial charge < -0.3 is 19.7 Å². The van der Waals surface area contributed by atoms with Gasteiger partial charge in [0.1, 0.15) is 0 Å². The Morgan fingerprint density at radius 1 is 1.19 bits per heavy atom. The van der Waals surface area contributed by atoms with Gasteiger partial charge in [-0.2, -0.15) is 11.8 Å². The highest BCUT2D eigenvalue weighted by Gasteiger charge is 2.17. The standard InChI is InChI=1S/C18H25N5O2S/c1-24-17-6-5-16(23-7-3-4-8-23)15(22-17)13-21-18-19-11-14(12-20-18)25-9-10-26-2/h5-6,11-12H,3-4,7-10,13H2,1-2H3,(H,19,20,21). The van der Waals surface area contributed by atoms with E-state index in [1.54, 1.807) is 31.3 Å². The number of hydrogen-bond donors (Lipinski definition) is 1. The van der Waals surface area contributed by atoms with E-state index in [4.69, 9.17) is 9.47 Å². The summed E-state index contributed by atoms with van der Waals surface area (Å²) >= 11 is 1.75. The molecule has 0 atom stereocenters. The zero-order valence-corrected chi connectivity index (χ0v) is 16.1. The Hall–Kier alpha value is -2.22. The van der Waals surface area contributed by atoms with Crippen LogP contribution in [0.25, 0.3) is 0 Å². The van der Waals surface area contributed by atoms with Crippen molar-refractivity contribution in [2.24, 2.45) is 0 Å². The van der Waals surface area contributed by atoms with Crippen molar-refractivity contribution in [1.29, 1.82) is 0 Å². The molecule has 1 saturated heterocycles. The maximum atomic E-state index is 5.57. The summed E-state index contributed by atoms with van der Waals surface area (Å²) in [7, 11) is 1.63. The second kappa shape index (κ2) is 9.47. The number of nitrogens with one attached hydrogen (secondary N) is 1. The molecule has 26 heavy (non-hydrogen) atoms. The maximum absolute atomic E-state index is 5.57. The molecule has 0 unspecified atom stereocenters. The highest BCUT2D eigenvalue weighted by molar-refractivity contribution is 7.98. The Morgan fingerprint density at radius 2 is 1.96 bits per heavy atom. The van der Waals surface area contributed by atoms with Crippen molar-refractivity contribution < 1.29 is 9.47 Å². The summed E-state index contributed by atoms with van der Waals surface area (Å²) in [5, 5.41) is 3.24. The van der Waals surface area contributed by atoms with Crippen LogP contribution in [0.3, 0.4) is 0 Å². The molecule has 1 aliphatic rings. The number of aromatic nitrogens is 3. The quantitative estimate of drug-likeness (QED) is 0.671. The van der Waals surface area contributed by atoms with Crippen LogP contribution in [0.15, 0.2) is 24.5 Å². The molecule has 8 heteroatoms. The summed E-state index contributed by atoms with van der Waals surface area (Å²) in [6.07, 6.45) is 7.88. The summed E-state index contributed by atoms with van der Waals surface area (Å²) in [6.45, 7) is 3.33. The summed E-state index contributed by atoms with van der Waals surface area (Å²) in [4.78, 5) is 15.6. The van der Waals surface area contributed by atoms with Gasteiger partial charge in [0.05, 0.1) is 44.0 Å². The van der Waals surface area contributed by atoms with Gasteiger partial charge in [0, 0.05) is 24.9 Å². The lowest BCUT2D eigenvalue weighted by Gasteiger charge is -2.21. The topological polar surface area (TPSA) is 72.4 Å². The van der Waals surface area contributed by atoms with Gasteiger partial charge in [-0.15, -0.1) is 0 Å². The van der Waals surface area contributed by atoms with Crippen molar-refractivity contribution in [3.8, 4) is 11.6 Å². The maximum Gasteiger partial charge on any atom is 0.223 e. The predicted octanol–water partition coefficient (Wildman–Crippen LogP) is 2.83.